The third-order valence-electron chi connectivity index (χ3n) is 3.73. The van der Waals surface area contributed by atoms with Gasteiger partial charge in [-0.3, -0.25) is 10.2 Å². The number of carbonyl (C=O) groups excluding carboxylic acids is 1. The first-order chi connectivity index (χ1) is 11.6. The van der Waals surface area contributed by atoms with Crippen molar-refractivity contribution in [3.8, 4) is 22.4 Å². The van der Waals surface area contributed by atoms with E-state index in [2.05, 4.69) is 15.4 Å². The van der Waals surface area contributed by atoms with Crippen molar-refractivity contribution in [3.05, 3.63) is 65.9 Å². The number of nitrogens with two attached hydrogens (primary N) is 2. The predicted molar refractivity (Wildman–Crippen MR) is 93.7 cm³/mol. The zero-order valence-electron chi connectivity index (χ0n) is 13.2. The van der Waals surface area contributed by atoms with Crippen molar-refractivity contribution in [2.45, 2.75) is 6.92 Å². The number of hydrazine groups is 1. The molecule has 0 saturated carbocycles. The molecular formula is C18H17N5O. The zero-order chi connectivity index (χ0) is 17.1. The molecule has 6 heteroatoms. The van der Waals surface area contributed by atoms with Crippen LogP contribution in [0.4, 0.5) is 5.95 Å². The van der Waals surface area contributed by atoms with Gasteiger partial charge in [0.05, 0.1) is 17.0 Å². The van der Waals surface area contributed by atoms with E-state index in [1.165, 1.54) is 0 Å². The quantitative estimate of drug-likeness (QED) is 0.390. The predicted octanol–water partition coefficient (Wildman–Crippen LogP) is 2.30. The van der Waals surface area contributed by atoms with Crippen LogP contribution >= 0.6 is 0 Å². The van der Waals surface area contributed by atoms with Gasteiger partial charge >= 0.3 is 0 Å². The van der Waals surface area contributed by atoms with Crippen LogP contribution < -0.4 is 17.0 Å². The lowest BCUT2D eigenvalue weighted by Gasteiger charge is -2.11. The van der Waals surface area contributed by atoms with Gasteiger partial charge < -0.3 is 5.73 Å². The Morgan fingerprint density at radius 1 is 0.917 bits per heavy atom. The second-order valence-electron chi connectivity index (χ2n) is 5.31. The molecule has 3 aromatic rings. The molecule has 1 amide bonds. The number of aromatic nitrogens is 2. The normalized spacial score (nSPS) is 10.4. The summed E-state index contributed by atoms with van der Waals surface area (Å²) in [7, 11) is 0. The molecule has 6 nitrogen and oxygen atoms in total. The summed E-state index contributed by atoms with van der Waals surface area (Å²) in [5.41, 5.74) is 12.1. The van der Waals surface area contributed by atoms with E-state index < -0.39 is 5.91 Å². The van der Waals surface area contributed by atoms with Crippen molar-refractivity contribution in [3.63, 3.8) is 0 Å². The summed E-state index contributed by atoms with van der Waals surface area (Å²) >= 11 is 0. The summed E-state index contributed by atoms with van der Waals surface area (Å²) in [4.78, 5) is 20.3. The van der Waals surface area contributed by atoms with Crippen LogP contribution in [0, 0.1) is 6.92 Å². The van der Waals surface area contributed by atoms with E-state index in [1.807, 2.05) is 54.6 Å². The monoisotopic (exact) mass is 319 g/mol. The SMILES string of the molecule is Cc1nc(N)nc(-c2ccc(-c3ccccc3)cc2)c1C(=O)NN. The number of hydrogen-bond acceptors (Lipinski definition) is 5. The van der Waals surface area contributed by atoms with E-state index in [0.717, 1.165) is 16.7 Å². The van der Waals surface area contributed by atoms with Gasteiger partial charge in [-0.2, -0.15) is 0 Å². The molecule has 0 aliphatic carbocycles. The fraction of sp³-hybridized carbons (Fsp3) is 0.0556. The molecule has 0 aliphatic heterocycles. The molecule has 0 radical (unpaired) electrons. The molecule has 0 bridgehead atoms. The molecular weight excluding hydrogens is 302 g/mol. The van der Waals surface area contributed by atoms with Crippen molar-refractivity contribution >= 4 is 11.9 Å². The molecule has 0 unspecified atom stereocenters. The Kier molecular flexibility index (Phi) is 4.22. The number of carbonyl (C=O) groups is 1. The van der Waals surface area contributed by atoms with Crippen LogP contribution in [-0.4, -0.2) is 15.9 Å². The van der Waals surface area contributed by atoms with E-state index in [4.69, 9.17) is 11.6 Å². The second kappa shape index (κ2) is 6.47. The van der Waals surface area contributed by atoms with Gasteiger partial charge in [0.1, 0.15) is 0 Å². The number of hydrogen-bond donors (Lipinski definition) is 3. The summed E-state index contributed by atoms with van der Waals surface area (Å²) in [5.74, 6) is 4.94. The zero-order valence-corrected chi connectivity index (χ0v) is 13.2. The molecule has 0 aliphatic rings. The van der Waals surface area contributed by atoms with Gasteiger partial charge in [-0.05, 0) is 18.1 Å². The molecule has 24 heavy (non-hydrogen) atoms. The summed E-state index contributed by atoms with van der Waals surface area (Å²) in [6.45, 7) is 1.70. The number of nitrogen functional groups attached to an aromatic ring is 2. The molecule has 1 aromatic heterocycles. The first kappa shape index (κ1) is 15.6. The summed E-state index contributed by atoms with van der Waals surface area (Å²) in [6, 6.07) is 17.8. The van der Waals surface area contributed by atoms with E-state index in [1.54, 1.807) is 6.92 Å². The summed E-state index contributed by atoms with van der Waals surface area (Å²) in [6.07, 6.45) is 0. The molecule has 0 fully saturated rings. The lowest BCUT2D eigenvalue weighted by molar-refractivity contribution is 0.0953. The minimum absolute atomic E-state index is 0.114. The van der Waals surface area contributed by atoms with Crippen LogP contribution in [-0.2, 0) is 0 Å². The number of rotatable bonds is 3. The molecule has 1 heterocycles. The van der Waals surface area contributed by atoms with Crippen molar-refractivity contribution in [1.29, 1.82) is 0 Å². The van der Waals surface area contributed by atoms with E-state index in [9.17, 15) is 4.79 Å². The van der Waals surface area contributed by atoms with Gasteiger partial charge in [0, 0.05) is 5.56 Å². The maximum Gasteiger partial charge on any atom is 0.269 e. The number of nitrogens with zero attached hydrogens (tertiary/aromatic N) is 2. The van der Waals surface area contributed by atoms with Crippen LogP contribution in [0.1, 0.15) is 16.1 Å². The van der Waals surface area contributed by atoms with Gasteiger partial charge in [-0.25, -0.2) is 15.8 Å². The van der Waals surface area contributed by atoms with Gasteiger partial charge in [-0.1, -0.05) is 54.6 Å². The largest absolute Gasteiger partial charge is 0.368 e. The number of nitrogens with one attached hydrogen (secondary N) is 1. The third-order valence-corrected chi connectivity index (χ3v) is 3.73. The molecule has 2 aromatic carbocycles. The Morgan fingerprint density at radius 3 is 2.12 bits per heavy atom. The lowest BCUT2D eigenvalue weighted by Crippen LogP contribution is -2.31. The Hall–Kier alpha value is -3.25. The smallest absolute Gasteiger partial charge is 0.269 e. The van der Waals surface area contributed by atoms with Crippen LogP contribution in [0.25, 0.3) is 22.4 Å². The van der Waals surface area contributed by atoms with Crippen molar-refractivity contribution in [2.24, 2.45) is 5.84 Å². The van der Waals surface area contributed by atoms with E-state index >= 15 is 0 Å². The van der Waals surface area contributed by atoms with Crippen LogP contribution in [0.15, 0.2) is 54.6 Å². The van der Waals surface area contributed by atoms with E-state index in [0.29, 0.717) is 17.0 Å². The summed E-state index contributed by atoms with van der Waals surface area (Å²) in [5, 5.41) is 0. The highest BCUT2D eigenvalue weighted by atomic mass is 16.2. The molecule has 120 valence electrons. The van der Waals surface area contributed by atoms with Crippen molar-refractivity contribution in [1.82, 2.24) is 15.4 Å². The van der Waals surface area contributed by atoms with Crippen molar-refractivity contribution < 1.29 is 4.79 Å². The van der Waals surface area contributed by atoms with Gasteiger partial charge in [0.15, 0.2) is 0 Å². The van der Waals surface area contributed by atoms with Crippen LogP contribution in [0.5, 0.6) is 0 Å². The maximum atomic E-state index is 12.1. The van der Waals surface area contributed by atoms with Crippen LogP contribution in [0.3, 0.4) is 0 Å². The van der Waals surface area contributed by atoms with Crippen LogP contribution in [0.2, 0.25) is 0 Å². The average Bonchev–Trinajstić information content (AvgIpc) is 2.61. The van der Waals surface area contributed by atoms with Gasteiger partial charge in [-0.15, -0.1) is 0 Å². The fourth-order valence-electron chi connectivity index (χ4n) is 2.60. The van der Waals surface area contributed by atoms with E-state index in [-0.39, 0.29) is 5.95 Å². The first-order valence-electron chi connectivity index (χ1n) is 7.41. The fourth-order valence-corrected chi connectivity index (χ4v) is 2.60. The van der Waals surface area contributed by atoms with Crippen molar-refractivity contribution in [2.75, 3.05) is 5.73 Å². The molecule has 3 rings (SSSR count). The number of anilines is 1. The van der Waals surface area contributed by atoms with Gasteiger partial charge in [0.2, 0.25) is 5.95 Å². The molecule has 0 atom stereocenters. The van der Waals surface area contributed by atoms with Gasteiger partial charge in [0.25, 0.3) is 5.91 Å². The second-order valence-corrected chi connectivity index (χ2v) is 5.31. The topological polar surface area (TPSA) is 107 Å². The lowest BCUT2D eigenvalue weighted by atomic mass is 10.00. The number of aryl methyl sites for hydroxylation is 1. The highest BCUT2D eigenvalue weighted by Crippen LogP contribution is 2.27. The Morgan fingerprint density at radius 2 is 1.50 bits per heavy atom. The standard InChI is InChI=1S/C18H17N5O/c1-11-15(17(24)23-20)16(22-18(19)21-11)14-9-7-13(8-10-14)12-5-3-2-4-6-12/h2-10H,20H2,1H3,(H,23,24)(H2,19,21,22). The Labute approximate surface area is 139 Å². The Balaban J connectivity index is 2.08. The minimum Gasteiger partial charge on any atom is -0.368 e. The Bertz CT molecular complexity index is 876. The highest BCUT2D eigenvalue weighted by molar-refractivity contribution is 6.00. The third kappa shape index (κ3) is 2.95. The average molecular weight is 319 g/mol. The minimum atomic E-state index is -0.449. The number of amides is 1. The maximum absolute atomic E-state index is 12.1. The molecule has 5 N–H and O–H groups in total. The first-order valence-corrected chi connectivity index (χ1v) is 7.41. The molecule has 0 saturated heterocycles. The molecule has 0 spiro atoms. The summed E-state index contributed by atoms with van der Waals surface area (Å²) < 4.78 is 0. The highest BCUT2D eigenvalue weighted by Gasteiger charge is 2.18. The number of benzene rings is 2.